The van der Waals surface area contributed by atoms with E-state index in [0.29, 0.717) is 33.5 Å². The molecular formula is C14H12Cl2O2S2. The second-order valence-electron chi connectivity index (χ2n) is 4.13. The lowest BCUT2D eigenvalue weighted by Gasteiger charge is -2.05. The van der Waals surface area contributed by atoms with Gasteiger partial charge in [0.05, 0.1) is 25.6 Å². The molecule has 0 N–H and O–H groups in total. The number of ketones is 1. The Hall–Kier alpha value is -0.680. The Bertz CT molecular complexity index is 624. The third-order valence-electron chi connectivity index (χ3n) is 2.67. The zero-order valence-electron chi connectivity index (χ0n) is 10.5. The highest BCUT2D eigenvalue weighted by molar-refractivity contribution is 7.85. The van der Waals surface area contributed by atoms with Crippen molar-refractivity contribution in [2.24, 2.45) is 0 Å². The van der Waals surface area contributed by atoms with E-state index in [0.717, 1.165) is 4.88 Å². The van der Waals surface area contributed by atoms with Gasteiger partial charge in [-0.3, -0.25) is 9.00 Å². The van der Waals surface area contributed by atoms with Gasteiger partial charge >= 0.3 is 0 Å². The van der Waals surface area contributed by atoms with Crippen LogP contribution in [0.25, 0.3) is 0 Å². The van der Waals surface area contributed by atoms with Crippen molar-refractivity contribution in [2.75, 3.05) is 5.75 Å². The first-order chi connectivity index (χ1) is 9.58. The van der Waals surface area contributed by atoms with Crippen LogP contribution in [0.2, 0.25) is 10.0 Å². The van der Waals surface area contributed by atoms with Crippen LogP contribution in [-0.4, -0.2) is 15.7 Å². The molecule has 2 rings (SSSR count). The molecule has 1 aromatic carbocycles. The molecule has 0 spiro atoms. The smallest absolute Gasteiger partial charge is 0.172 e. The number of thiophene rings is 1. The van der Waals surface area contributed by atoms with Gasteiger partial charge in [0.15, 0.2) is 5.78 Å². The lowest BCUT2D eigenvalue weighted by Crippen LogP contribution is -2.03. The summed E-state index contributed by atoms with van der Waals surface area (Å²) in [6.07, 6.45) is 0.955. The van der Waals surface area contributed by atoms with E-state index in [1.165, 1.54) is 11.3 Å². The number of Topliss-reactive ketones (excluding diaryl/α,β-unsaturated/α-hetero) is 1. The minimum absolute atomic E-state index is 0.0918. The van der Waals surface area contributed by atoms with Gasteiger partial charge in [-0.25, -0.2) is 0 Å². The maximum atomic E-state index is 12.1. The van der Waals surface area contributed by atoms with E-state index >= 15 is 0 Å². The van der Waals surface area contributed by atoms with E-state index in [1.54, 1.807) is 24.3 Å². The molecule has 0 bridgehead atoms. The van der Waals surface area contributed by atoms with Crippen molar-refractivity contribution in [3.8, 4) is 0 Å². The normalized spacial score (nSPS) is 12.3. The highest BCUT2D eigenvalue weighted by atomic mass is 35.5. The van der Waals surface area contributed by atoms with E-state index in [2.05, 4.69) is 0 Å². The van der Waals surface area contributed by atoms with Crippen LogP contribution in [0.3, 0.4) is 0 Å². The zero-order chi connectivity index (χ0) is 14.5. The van der Waals surface area contributed by atoms with Gasteiger partial charge in [-0.2, -0.15) is 0 Å². The van der Waals surface area contributed by atoms with Crippen LogP contribution in [0.15, 0.2) is 40.6 Å². The maximum absolute atomic E-state index is 12.1. The summed E-state index contributed by atoms with van der Waals surface area (Å²) in [7, 11) is -1.23. The molecule has 0 fully saturated rings. The second-order valence-corrected chi connectivity index (χ2v) is 7.46. The molecular weight excluding hydrogens is 335 g/mol. The summed E-state index contributed by atoms with van der Waals surface area (Å²) in [5, 5.41) is 2.82. The van der Waals surface area contributed by atoms with Gasteiger partial charge in [0.1, 0.15) is 0 Å². The van der Waals surface area contributed by atoms with Crippen molar-refractivity contribution in [3.05, 3.63) is 50.6 Å². The molecule has 0 aliphatic heterocycles. The lowest BCUT2D eigenvalue weighted by atomic mass is 10.2. The zero-order valence-corrected chi connectivity index (χ0v) is 13.6. The highest BCUT2D eigenvalue weighted by Gasteiger charge is 2.11. The van der Waals surface area contributed by atoms with Crippen molar-refractivity contribution in [2.45, 2.75) is 17.7 Å². The molecule has 2 aromatic rings. The molecule has 106 valence electrons. The number of halogens is 2. The third kappa shape index (κ3) is 4.16. The van der Waals surface area contributed by atoms with Crippen LogP contribution in [0.5, 0.6) is 0 Å². The lowest BCUT2D eigenvalue weighted by molar-refractivity contribution is 0.0986. The molecule has 0 aliphatic carbocycles. The summed E-state index contributed by atoms with van der Waals surface area (Å²) in [5.74, 6) is 0.492. The van der Waals surface area contributed by atoms with E-state index in [9.17, 15) is 9.00 Å². The summed E-state index contributed by atoms with van der Waals surface area (Å²) in [4.78, 5) is 13.1. The first kappa shape index (κ1) is 15.7. The maximum Gasteiger partial charge on any atom is 0.172 e. The summed E-state index contributed by atoms with van der Waals surface area (Å²) < 4.78 is 12.1. The van der Waals surface area contributed by atoms with Gasteiger partial charge in [-0.1, -0.05) is 29.3 Å². The first-order valence-corrected chi connectivity index (χ1v) is 8.93. The second kappa shape index (κ2) is 7.36. The fourth-order valence-corrected chi connectivity index (χ4v) is 4.16. The van der Waals surface area contributed by atoms with Crippen LogP contribution < -0.4 is 0 Å². The molecule has 0 amide bonds. The molecule has 1 unspecified atom stereocenters. The van der Waals surface area contributed by atoms with Crippen LogP contribution in [-0.2, 0) is 10.8 Å². The Morgan fingerprint density at radius 1 is 1.25 bits per heavy atom. The van der Waals surface area contributed by atoms with Crippen LogP contribution >= 0.6 is 34.5 Å². The van der Waals surface area contributed by atoms with E-state index < -0.39 is 10.8 Å². The fourth-order valence-electron chi connectivity index (χ4n) is 1.69. The van der Waals surface area contributed by atoms with Crippen LogP contribution in [0.1, 0.15) is 22.5 Å². The van der Waals surface area contributed by atoms with Crippen molar-refractivity contribution in [3.63, 3.8) is 0 Å². The van der Waals surface area contributed by atoms with Gasteiger partial charge in [0.25, 0.3) is 0 Å². The Balaban J connectivity index is 1.89. The van der Waals surface area contributed by atoms with Crippen molar-refractivity contribution < 1.29 is 9.00 Å². The SMILES string of the molecule is O=C(CCCS(=O)c1cc(Cl)ccc1Cl)c1cccs1. The Morgan fingerprint density at radius 3 is 2.75 bits per heavy atom. The number of rotatable bonds is 6. The van der Waals surface area contributed by atoms with Crippen LogP contribution in [0, 0.1) is 0 Å². The number of benzene rings is 1. The third-order valence-corrected chi connectivity index (χ3v) is 5.74. The quantitative estimate of drug-likeness (QED) is 0.702. The van der Waals surface area contributed by atoms with Crippen LogP contribution in [0.4, 0.5) is 0 Å². The molecule has 0 radical (unpaired) electrons. The molecule has 1 atom stereocenters. The molecule has 1 aromatic heterocycles. The Morgan fingerprint density at radius 2 is 2.05 bits per heavy atom. The minimum Gasteiger partial charge on any atom is -0.293 e. The van der Waals surface area contributed by atoms with Gasteiger partial charge < -0.3 is 0 Å². The molecule has 6 heteroatoms. The van der Waals surface area contributed by atoms with Crippen molar-refractivity contribution in [1.82, 2.24) is 0 Å². The number of hydrogen-bond donors (Lipinski definition) is 0. The fraction of sp³-hybridized carbons (Fsp3) is 0.214. The number of carbonyl (C=O) groups is 1. The molecule has 1 heterocycles. The monoisotopic (exact) mass is 346 g/mol. The standard InChI is InChI=1S/C14H12Cl2O2S2/c15-10-5-6-11(16)14(9-10)20(18)8-2-3-12(17)13-4-1-7-19-13/h1,4-7,9H,2-3,8H2. The van der Waals surface area contributed by atoms with E-state index in [1.807, 2.05) is 11.4 Å². The summed E-state index contributed by atoms with van der Waals surface area (Å²) in [6.45, 7) is 0. The molecule has 0 aliphatic rings. The predicted octanol–water partition coefficient (Wildman–Crippen LogP) is 4.83. The van der Waals surface area contributed by atoms with Gasteiger partial charge in [-0.05, 0) is 36.1 Å². The number of hydrogen-bond acceptors (Lipinski definition) is 3. The highest BCUT2D eigenvalue weighted by Crippen LogP contribution is 2.24. The molecule has 0 saturated carbocycles. The Labute approximate surface area is 134 Å². The molecule has 2 nitrogen and oxygen atoms in total. The largest absolute Gasteiger partial charge is 0.293 e. The number of carbonyl (C=O) groups excluding carboxylic acids is 1. The first-order valence-electron chi connectivity index (χ1n) is 5.98. The molecule has 20 heavy (non-hydrogen) atoms. The van der Waals surface area contributed by atoms with E-state index in [-0.39, 0.29) is 5.78 Å². The van der Waals surface area contributed by atoms with Gasteiger partial charge in [0, 0.05) is 17.2 Å². The summed E-state index contributed by atoms with van der Waals surface area (Å²) >= 11 is 13.3. The minimum atomic E-state index is -1.23. The predicted molar refractivity (Wildman–Crippen MR) is 85.6 cm³/mol. The average molecular weight is 347 g/mol. The summed E-state index contributed by atoms with van der Waals surface area (Å²) in [5.41, 5.74) is 0. The van der Waals surface area contributed by atoms with Gasteiger partial charge in [-0.15, -0.1) is 11.3 Å². The van der Waals surface area contributed by atoms with Gasteiger partial charge in [0.2, 0.25) is 0 Å². The van der Waals surface area contributed by atoms with E-state index in [4.69, 9.17) is 23.2 Å². The van der Waals surface area contributed by atoms with Crippen molar-refractivity contribution in [1.29, 1.82) is 0 Å². The van der Waals surface area contributed by atoms with Crippen molar-refractivity contribution >= 4 is 51.1 Å². The average Bonchev–Trinajstić information content (AvgIpc) is 2.95. The Kier molecular flexibility index (Phi) is 5.78. The topological polar surface area (TPSA) is 34.1 Å². The molecule has 0 saturated heterocycles. The summed E-state index contributed by atoms with van der Waals surface area (Å²) in [6, 6.07) is 8.56.